The second kappa shape index (κ2) is 3.44. The van der Waals surface area contributed by atoms with Crippen LogP contribution >= 0.6 is 0 Å². The third-order valence-electron chi connectivity index (χ3n) is 1.49. The molecule has 14 heavy (non-hydrogen) atoms. The number of hydrogen-bond donors (Lipinski definition) is 3. The molecule has 0 spiro atoms. The molecule has 0 unspecified atom stereocenters. The van der Waals surface area contributed by atoms with Crippen LogP contribution in [0.1, 0.15) is 22.5 Å². The van der Waals surface area contributed by atoms with E-state index < -0.39 is 35.0 Å². The van der Waals surface area contributed by atoms with E-state index in [2.05, 4.69) is 0 Å². The van der Waals surface area contributed by atoms with Gasteiger partial charge in [-0.1, -0.05) is 0 Å². The van der Waals surface area contributed by atoms with Crippen molar-refractivity contribution in [2.75, 3.05) is 0 Å². The summed E-state index contributed by atoms with van der Waals surface area (Å²) in [5.74, 6) is -2.76. The fraction of sp³-hybridized carbons (Fsp3) is 0.143. The monoisotopic (exact) mass is 205 g/mol. The number of rotatable bonds is 2. The van der Waals surface area contributed by atoms with E-state index in [4.69, 9.17) is 10.2 Å². The van der Waals surface area contributed by atoms with Crippen LogP contribution in [0.5, 0.6) is 5.75 Å². The van der Waals surface area contributed by atoms with Crippen molar-refractivity contribution in [3.8, 4) is 5.75 Å². The van der Waals surface area contributed by atoms with E-state index in [1.54, 1.807) is 4.98 Å². The summed E-state index contributed by atoms with van der Waals surface area (Å²) in [6, 6.07) is 0.494. The Hall–Kier alpha value is -1.92. The molecule has 0 aliphatic carbocycles. The topological polar surface area (TPSA) is 90.4 Å². The first-order valence-corrected chi connectivity index (χ1v) is 3.41. The number of aromatic nitrogens is 1. The van der Waals surface area contributed by atoms with Gasteiger partial charge in [0.05, 0.1) is 5.56 Å². The molecule has 0 fully saturated rings. The zero-order valence-corrected chi connectivity index (χ0v) is 6.62. The van der Waals surface area contributed by atoms with Crippen molar-refractivity contribution in [2.24, 2.45) is 0 Å². The molecular weight excluding hydrogens is 200 g/mol. The highest BCUT2D eigenvalue weighted by atomic mass is 19.3. The molecule has 7 heteroatoms. The predicted octanol–water partition coefficient (Wildman–Crippen LogP) is 0.716. The first-order chi connectivity index (χ1) is 6.43. The van der Waals surface area contributed by atoms with E-state index in [0.717, 1.165) is 0 Å². The van der Waals surface area contributed by atoms with E-state index in [1.165, 1.54) is 0 Å². The average Bonchev–Trinajstić information content (AvgIpc) is 2.01. The summed E-state index contributed by atoms with van der Waals surface area (Å²) in [7, 11) is 0. The molecule has 0 atom stereocenters. The Morgan fingerprint density at radius 2 is 2.07 bits per heavy atom. The van der Waals surface area contributed by atoms with Gasteiger partial charge >= 0.3 is 5.97 Å². The van der Waals surface area contributed by atoms with Gasteiger partial charge in [-0.05, 0) is 0 Å². The highest BCUT2D eigenvalue weighted by molar-refractivity contribution is 5.87. The lowest BCUT2D eigenvalue weighted by Gasteiger charge is -2.05. The van der Waals surface area contributed by atoms with Gasteiger partial charge in [0.1, 0.15) is 11.4 Å². The largest absolute Gasteiger partial charge is 0.507 e. The fourth-order valence-electron chi connectivity index (χ4n) is 0.946. The first kappa shape index (κ1) is 10.2. The molecule has 0 aromatic carbocycles. The highest BCUT2D eigenvalue weighted by Crippen LogP contribution is 2.28. The predicted molar refractivity (Wildman–Crippen MR) is 40.6 cm³/mol. The van der Waals surface area contributed by atoms with Crippen LogP contribution in [-0.2, 0) is 0 Å². The first-order valence-electron chi connectivity index (χ1n) is 3.41. The lowest BCUT2D eigenvalue weighted by atomic mass is 10.2. The maximum Gasteiger partial charge on any atom is 0.353 e. The molecule has 1 rings (SSSR count). The van der Waals surface area contributed by atoms with E-state index in [9.17, 15) is 18.4 Å². The molecule has 5 nitrogen and oxygen atoms in total. The Balaban J connectivity index is 3.52. The lowest BCUT2D eigenvalue weighted by molar-refractivity contribution is 0.0674. The summed E-state index contributed by atoms with van der Waals surface area (Å²) in [6.07, 6.45) is -3.17. The quantitative estimate of drug-likeness (QED) is 0.663. The van der Waals surface area contributed by atoms with Crippen molar-refractivity contribution in [3.63, 3.8) is 0 Å². The fourth-order valence-corrected chi connectivity index (χ4v) is 0.946. The Morgan fingerprint density at radius 3 is 2.50 bits per heavy atom. The summed E-state index contributed by atoms with van der Waals surface area (Å²) < 4.78 is 24.5. The standard InChI is InChI=1S/C7H5F2NO4/c8-6(9)4-2(11)1-3(12)10-5(4)7(13)14/h1,6H,(H,13,14)(H2,10,11,12). The molecule has 0 radical (unpaired) electrons. The Labute approximate surface area is 75.6 Å². The third kappa shape index (κ3) is 1.70. The molecule has 1 aromatic rings. The zero-order chi connectivity index (χ0) is 10.9. The number of carbonyl (C=O) groups is 1. The number of carboxylic acid groups (broad SMARTS) is 1. The molecule has 76 valence electrons. The molecule has 0 saturated heterocycles. The number of halogens is 2. The zero-order valence-electron chi connectivity index (χ0n) is 6.62. The number of aromatic carboxylic acids is 1. The number of H-pyrrole nitrogens is 1. The van der Waals surface area contributed by atoms with E-state index in [-0.39, 0.29) is 0 Å². The minimum absolute atomic E-state index is 0.494. The number of pyridine rings is 1. The number of alkyl halides is 2. The minimum atomic E-state index is -3.17. The molecule has 0 saturated carbocycles. The average molecular weight is 205 g/mol. The van der Waals surface area contributed by atoms with Gasteiger partial charge in [-0.25, -0.2) is 13.6 Å². The van der Waals surface area contributed by atoms with Gasteiger partial charge in [0.25, 0.3) is 12.0 Å². The molecule has 0 aliphatic heterocycles. The van der Waals surface area contributed by atoms with Crippen LogP contribution in [0.4, 0.5) is 8.78 Å². The number of aromatic amines is 1. The molecule has 0 bridgehead atoms. The van der Waals surface area contributed by atoms with Gasteiger partial charge in [0.2, 0.25) is 0 Å². The molecule has 0 amide bonds. The van der Waals surface area contributed by atoms with Crippen molar-refractivity contribution in [1.82, 2.24) is 4.98 Å². The molecule has 1 heterocycles. The summed E-state index contributed by atoms with van der Waals surface area (Å²) in [4.78, 5) is 22.8. The van der Waals surface area contributed by atoms with Crippen LogP contribution in [0, 0.1) is 0 Å². The van der Waals surface area contributed by atoms with Crippen LogP contribution in [-0.4, -0.2) is 21.2 Å². The maximum absolute atomic E-state index is 12.2. The maximum atomic E-state index is 12.2. The van der Waals surface area contributed by atoms with Crippen LogP contribution < -0.4 is 5.56 Å². The third-order valence-corrected chi connectivity index (χ3v) is 1.49. The Kier molecular flexibility index (Phi) is 2.50. The van der Waals surface area contributed by atoms with Gasteiger partial charge < -0.3 is 15.2 Å². The summed E-state index contributed by atoms with van der Waals surface area (Å²) >= 11 is 0. The summed E-state index contributed by atoms with van der Waals surface area (Å²) in [5.41, 5.74) is -3.04. The van der Waals surface area contributed by atoms with E-state index >= 15 is 0 Å². The van der Waals surface area contributed by atoms with Crippen molar-refractivity contribution in [3.05, 3.63) is 27.7 Å². The SMILES string of the molecule is O=C(O)c1[nH]c(=O)cc(O)c1C(F)F. The Morgan fingerprint density at radius 1 is 1.50 bits per heavy atom. The molecular formula is C7H5F2NO4. The van der Waals surface area contributed by atoms with E-state index in [0.29, 0.717) is 6.07 Å². The van der Waals surface area contributed by atoms with Crippen molar-refractivity contribution in [2.45, 2.75) is 6.43 Å². The van der Waals surface area contributed by atoms with Crippen molar-refractivity contribution in [1.29, 1.82) is 0 Å². The second-order valence-electron chi connectivity index (χ2n) is 2.41. The second-order valence-corrected chi connectivity index (χ2v) is 2.41. The van der Waals surface area contributed by atoms with E-state index in [1.807, 2.05) is 0 Å². The van der Waals surface area contributed by atoms with Crippen LogP contribution in [0.25, 0.3) is 0 Å². The summed E-state index contributed by atoms with van der Waals surface area (Å²) in [5, 5.41) is 17.4. The van der Waals surface area contributed by atoms with Gasteiger partial charge in [0.15, 0.2) is 0 Å². The van der Waals surface area contributed by atoms with Crippen LogP contribution in [0.15, 0.2) is 10.9 Å². The Bertz CT molecular complexity index is 426. The number of carboxylic acids is 1. The minimum Gasteiger partial charge on any atom is -0.507 e. The number of aromatic hydroxyl groups is 1. The highest BCUT2D eigenvalue weighted by Gasteiger charge is 2.23. The van der Waals surface area contributed by atoms with Crippen LogP contribution in [0.2, 0.25) is 0 Å². The van der Waals surface area contributed by atoms with Gasteiger partial charge in [-0.3, -0.25) is 4.79 Å². The number of hydrogen-bond acceptors (Lipinski definition) is 3. The molecule has 1 aromatic heterocycles. The van der Waals surface area contributed by atoms with Crippen molar-refractivity contribution < 1.29 is 23.8 Å². The lowest BCUT2D eigenvalue weighted by Crippen LogP contribution is -2.15. The van der Waals surface area contributed by atoms with Gasteiger partial charge in [-0.2, -0.15) is 0 Å². The van der Waals surface area contributed by atoms with Gasteiger partial charge in [0, 0.05) is 6.07 Å². The summed E-state index contributed by atoms with van der Waals surface area (Å²) in [6.45, 7) is 0. The van der Waals surface area contributed by atoms with Gasteiger partial charge in [-0.15, -0.1) is 0 Å². The normalized spacial score (nSPS) is 10.5. The molecule has 3 N–H and O–H groups in total. The van der Waals surface area contributed by atoms with Crippen molar-refractivity contribution >= 4 is 5.97 Å². The molecule has 0 aliphatic rings. The smallest absolute Gasteiger partial charge is 0.353 e. The van der Waals surface area contributed by atoms with Crippen LogP contribution in [0.3, 0.4) is 0 Å². The number of nitrogens with one attached hydrogen (secondary N) is 1.